The van der Waals surface area contributed by atoms with E-state index in [2.05, 4.69) is 5.32 Å². The lowest BCUT2D eigenvalue weighted by atomic mass is 10.2. The Kier molecular flexibility index (Phi) is 5.58. The molecule has 2 aromatic carbocycles. The number of carbonyl (C=O) groups excluding carboxylic acids is 1. The van der Waals surface area contributed by atoms with Gasteiger partial charge in [-0.1, -0.05) is 23.2 Å². The summed E-state index contributed by atoms with van der Waals surface area (Å²) in [5.41, 5.74) is 6.70. The smallest absolute Gasteiger partial charge is 0.265 e. The maximum Gasteiger partial charge on any atom is 0.265 e. The number of rotatable bonds is 5. The third-order valence-electron chi connectivity index (χ3n) is 3.05. The predicted molar refractivity (Wildman–Crippen MR) is 92.6 cm³/mol. The topological polar surface area (TPSA) is 73.6 Å². The Morgan fingerprint density at radius 1 is 1.17 bits per heavy atom. The molecule has 0 saturated carbocycles. The molecule has 0 spiro atoms. The van der Waals surface area contributed by atoms with Gasteiger partial charge in [0.2, 0.25) is 0 Å². The number of nitrogens with one attached hydrogen (secondary N) is 1. The van der Waals surface area contributed by atoms with Crippen LogP contribution in [0.15, 0.2) is 36.4 Å². The monoisotopic (exact) mass is 354 g/mol. The Morgan fingerprint density at radius 2 is 1.87 bits per heavy atom. The van der Waals surface area contributed by atoms with Crippen molar-refractivity contribution in [3.8, 4) is 11.5 Å². The van der Waals surface area contributed by atoms with Crippen molar-refractivity contribution >= 4 is 40.5 Å². The van der Waals surface area contributed by atoms with Gasteiger partial charge in [-0.25, -0.2) is 0 Å². The molecule has 0 aromatic heterocycles. The van der Waals surface area contributed by atoms with Gasteiger partial charge >= 0.3 is 0 Å². The zero-order valence-corrected chi connectivity index (χ0v) is 14.1. The third-order valence-corrected chi connectivity index (χ3v) is 3.58. The standard InChI is InChI=1S/C16H16Cl2N2O3/c1-9(23-14-5-3-10(17)7-12(14)18)16(21)20-13-8-11(19)4-6-15(13)22-2/h3-9H,19H2,1-2H3,(H,20,21)/t9-/m0/s1. The number of benzene rings is 2. The van der Waals surface area contributed by atoms with Gasteiger partial charge in [-0.15, -0.1) is 0 Å². The lowest BCUT2D eigenvalue weighted by molar-refractivity contribution is -0.122. The molecule has 1 amide bonds. The first-order valence-corrected chi connectivity index (χ1v) is 7.52. The molecule has 0 fully saturated rings. The minimum atomic E-state index is -0.778. The molecule has 23 heavy (non-hydrogen) atoms. The van der Waals surface area contributed by atoms with Crippen LogP contribution in [0.3, 0.4) is 0 Å². The van der Waals surface area contributed by atoms with Crippen molar-refractivity contribution in [3.63, 3.8) is 0 Å². The lowest BCUT2D eigenvalue weighted by Crippen LogP contribution is -2.30. The predicted octanol–water partition coefficient (Wildman–Crippen LogP) is 3.99. The first-order chi connectivity index (χ1) is 10.9. The summed E-state index contributed by atoms with van der Waals surface area (Å²) in [5.74, 6) is 0.516. The van der Waals surface area contributed by atoms with E-state index in [1.54, 1.807) is 43.3 Å². The van der Waals surface area contributed by atoms with E-state index < -0.39 is 6.10 Å². The SMILES string of the molecule is COc1ccc(N)cc1NC(=O)[C@H](C)Oc1ccc(Cl)cc1Cl. The van der Waals surface area contributed by atoms with Gasteiger partial charge in [0.25, 0.3) is 5.91 Å². The van der Waals surface area contributed by atoms with Gasteiger partial charge in [0, 0.05) is 10.7 Å². The number of hydrogen-bond acceptors (Lipinski definition) is 4. The second-order valence-corrected chi connectivity index (χ2v) is 5.63. The van der Waals surface area contributed by atoms with Gasteiger partial charge in [0.1, 0.15) is 11.5 Å². The van der Waals surface area contributed by atoms with Crippen LogP contribution in [0.1, 0.15) is 6.92 Å². The van der Waals surface area contributed by atoms with Crippen molar-refractivity contribution in [1.29, 1.82) is 0 Å². The molecule has 5 nitrogen and oxygen atoms in total. The fourth-order valence-electron chi connectivity index (χ4n) is 1.87. The molecule has 0 unspecified atom stereocenters. The highest BCUT2D eigenvalue weighted by molar-refractivity contribution is 6.35. The van der Waals surface area contributed by atoms with Crippen LogP contribution < -0.4 is 20.5 Å². The maximum absolute atomic E-state index is 12.3. The zero-order valence-electron chi connectivity index (χ0n) is 12.6. The fourth-order valence-corrected chi connectivity index (χ4v) is 2.33. The number of amides is 1. The molecule has 122 valence electrons. The summed E-state index contributed by atoms with van der Waals surface area (Å²) in [5, 5.41) is 3.54. The normalized spacial score (nSPS) is 11.7. The molecule has 0 bridgehead atoms. The van der Waals surface area contributed by atoms with E-state index in [4.69, 9.17) is 38.4 Å². The summed E-state index contributed by atoms with van der Waals surface area (Å²) in [6.45, 7) is 1.61. The zero-order chi connectivity index (χ0) is 17.0. The van der Waals surface area contributed by atoms with Crippen LogP contribution in [0.4, 0.5) is 11.4 Å². The van der Waals surface area contributed by atoms with Crippen LogP contribution in [-0.4, -0.2) is 19.1 Å². The third kappa shape index (κ3) is 4.43. The number of ether oxygens (including phenoxy) is 2. The fraction of sp³-hybridized carbons (Fsp3) is 0.188. The van der Waals surface area contributed by atoms with E-state index >= 15 is 0 Å². The summed E-state index contributed by atoms with van der Waals surface area (Å²) in [7, 11) is 1.51. The minimum absolute atomic E-state index is 0.332. The highest BCUT2D eigenvalue weighted by Gasteiger charge is 2.18. The maximum atomic E-state index is 12.3. The lowest BCUT2D eigenvalue weighted by Gasteiger charge is -2.17. The number of halogens is 2. The summed E-state index contributed by atoms with van der Waals surface area (Å²) in [6, 6.07) is 9.75. The quantitative estimate of drug-likeness (QED) is 0.796. The second-order valence-electron chi connectivity index (χ2n) is 4.78. The summed E-state index contributed by atoms with van der Waals surface area (Å²) in [4.78, 5) is 12.3. The van der Waals surface area contributed by atoms with Gasteiger partial charge < -0.3 is 20.5 Å². The number of hydrogen-bond donors (Lipinski definition) is 2. The molecule has 7 heteroatoms. The largest absolute Gasteiger partial charge is 0.495 e. The number of methoxy groups -OCH3 is 1. The molecule has 0 heterocycles. The molecule has 0 aliphatic rings. The first kappa shape index (κ1) is 17.2. The average molecular weight is 355 g/mol. The van der Waals surface area contributed by atoms with Crippen molar-refractivity contribution < 1.29 is 14.3 Å². The van der Waals surface area contributed by atoms with Gasteiger partial charge in [-0.2, -0.15) is 0 Å². The van der Waals surface area contributed by atoms with E-state index in [1.165, 1.54) is 7.11 Å². The van der Waals surface area contributed by atoms with Gasteiger partial charge in [0.05, 0.1) is 17.8 Å². The highest BCUT2D eigenvalue weighted by atomic mass is 35.5. The van der Waals surface area contributed by atoms with Crippen LogP contribution in [0.25, 0.3) is 0 Å². The number of nitrogens with two attached hydrogens (primary N) is 1. The molecular weight excluding hydrogens is 339 g/mol. The van der Waals surface area contributed by atoms with Crippen molar-refractivity contribution in [3.05, 3.63) is 46.4 Å². The molecule has 0 aliphatic carbocycles. The van der Waals surface area contributed by atoms with E-state index in [1.807, 2.05) is 0 Å². The van der Waals surface area contributed by atoms with E-state index in [9.17, 15) is 4.79 Å². The van der Waals surface area contributed by atoms with Gasteiger partial charge in [-0.3, -0.25) is 4.79 Å². The average Bonchev–Trinajstić information content (AvgIpc) is 2.50. The molecule has 3 N–H and O–H groups in total. The first-order valence-electron chi connectivity index (χ1n) is 6.77. The molecule has 2 aromatic rings. The van der Waals surface area contributed by atoms with E-state index in [0.717, 1.165) is 0 Å². The van der Waals surface area contributed by atoms with E-state index in [0.29, 0.717) is 32.9 Å². The molecule has 0 saturated heterocycles. The van der Waals surface area contributed by atoms with E-state index in [-0.39, 0.29) is 5.91 Å². The summed E-state index contributed by atoms with van der Waals surface area (Å²) in [6.07, 6.45) is -0.778. The Labute approximate surface area is 144 Å². The minimum Gasteiger partial charge on any atom is -0.495 e. The Hall–Kier alpha value is -2.11. The van der Waals surface area contributed by atoms with Crippen molar-refractivity contribution in [1.82, 2.24) is 0 Å². The van der Waals surface area contributed by atoms with Crippen molar-refractivity contribution in [2.24, 2.45) is 0 Å². The molecule has 1 atom stereocenters. The van der Waals surface area contributed by atoms with Crippen molar-refractivity contribution in [2.75, 3.05) is 18.2 Å². The molecule has 2 rings (SSSR count). The molecule has 0 aliphatic heterocycles. The summed E-state index contributed by atoms with van der Waals surface area (Å²) < 4.78 is 10.7. The Balaban J connectivity index is 2.10. The van der Waals surface area contributed by atoms with Crippen LogP contribution in [0.5, 0.6) is 11.5 Å². The molecular formula is C16H16Cl2N2O3. The van der Waals surface area contributed by atoms with Crippen LogP contribution in [-0.2, 0) is 4.79 Å². The summed E-state index contributed by atoms with van der Waals surface area (Å²) >= 11 is 11.9. The highest BCUT2D eigenvalue weighted by Crippen LogP contribution is 2.29. The van der Waals surface area contributed by atoms with Crippen LogP contribution >= 0.6 is 23.2 Å². The Morgan fingerprint density at radius 3 is 2.52 bits per heavy atom. The van der Waals surface area contributed by atoms with Crippen LogP contribution in [0, 0.1) is 0 Å². The number of anilines is 2. The Bertz CT molecular complexity index is 722. The van der Waals surface area contributed by atoms with Gasteiger partial charge in [-0.05, 0) is 43.3 Å². The van der Waals surface area contributed by atoms with Crippen LogP contribution in [0.2, 0.25) is 10.0 Å². The number of carbonyl (C=O) groups is 1. The molecule has 0 radical (unpaired) electrons. The second kappa shape index (κ2) is 7.44. The van der Waals surface area contributed by atoms with Gasteiger partial charge in [0.15, 0.2) is 6.10 Å². The number of nitrogen functional groups attached to an aromatic ring is 1. The van der Waals surface area contributed by atoms with Crippen molar-refractivity contribution in [2.45, 2.75) is 13.0 Å².